The summed E-state index contributed by atoms with van der Waals surface area (Å²) in [6.07, 6.45) is -0.00904. The van der Waals surface area contributed by atoms with E-state index < -0.39 is 0 Å². The predicted octanol–water partition coefficient (Wildman–Crippen LogP) is 4.05. The van der Waals surface area contributed by atoms with Gasteiger partial charge in [-0.1, -0.05) is 23.4 Å². The number of rotatable bonds is 5. The summed E-state index contributed by atoms with van der Waals surface area (Å²) in [5.41, 5.74) is 1.82. The zero-order valence-electron chi connectivity index (χ0n) is 13.0. The zero-order valence-corrected chi connectivity index (χ0v) is 13.0. The van der Waals surface area contributed by atoms with Crippen LogP contribution in [0.25, 0.3) is 0 Å². The Morgan fingerprint density at radius 2 is 1.83 bits per heavy atom. The smallest absolute Gasteiger partial charge is 0.228 e. The molecule has 0 aliphatic rings. The molecule has 0 saturated carbocycles. The zero-order chi connectivity index (χ0) is 16.9. The number of carbonyl (C=O) groups excluding carboxylic acids is 1. The third kappa shape index (κ3) is 3.98. The Morgan fingerprint density at radius 1 is 1.12 bits per heavy atom. The molecule has 2 N–H and O–H groups in total. The largest absolute Gasteiger partial charge is 0.360 e. The Bertz CT molecular complexity index is 843. The number of carbonyl (C=O) groups is 1. The Balaban J connectivity index is 1.59. The summed E-state index contributed by atoms with van der Waals surface area (Å²) in [6, 6.07) is 15.2. The lowest BCUT2D eigenvalue weighted by atomic mass is 10.1. The Morgan fingerprint density at radius 3 is 2.50 bits per heavy atom. The number of anilines is 3. The maximum absolute atomic E-state index is 13.5. The minimum Gasteiger partial charge on any atom is -0.360 e. The molecular weight excluding hydrogens is 309 g/mol. The van der Waals surface area contributed by atoms with Crippen molar-refractivity contribution in [3.8, 4) is 0 Å². The molecule has 0 saturated heterocycles. The van der Waals surface area contributed by atoms with Crippen LogP contribution in [0.5, 0.6) is 0 Å². The van der Waals surface area contributed by atoms with Gasteiger partial charge in [0.05, 0.1) is 6.42 Å². The fourth-order valence-electron chi connectivity index (χ4n) is 2.23. The van der Waals surface area contributed by atoms with Crippen molar-refractivity contribution >= 4 is 23.1 Å². The Kier molecular flexibility index (Phi) is 4.56. The summed E-state index contributed by atoms with van der Waals surface area (Å²) in [5, 5.41) is 9.68. The number of amides is 1. The molecule has 122 valence electrons. The first-order chi connectivity index (χ1) is 11.6. The van der Waals surface area contributed by atoms with Crippen LogP contribution in [0.15, 0.2) is 59.1 Å². The molecule has 0 bridgehead atoms. The lowest BCUT2D eigenvalue weighted by Crippen LogP contribution is -2.15. The Hall–Kier alpha value is -3.15. The van der Waals surface area contributed by atoms with E-state index in [2.05, 4.69) is 15.8 Å². The van der Waals surface area contributed by atoms with Gasteiger partial charge in [-0.2, -0.15) is 0 Å². The second-order valence-electron chi connectivity index (χ2n) is 5.34. The van der Waals surface area contributed by atoms with Gasteiger partial charge < -0.3 is 15.2 Å². The first-order valence-electron chi connectivity index (χ1n) is 7.44. The molecule has 6 heteroatoms. The highest BCUT2D eigenvalue weighted by Crippen LogP contribution is 2.19. The topological polar surface area (TPSA) is 67.2 Å². The van der Waals surface area contributed by atoms with Crippen LogP contribution >= 0.6 is 0 Å². The van der Waals surface area contributed by atoms with E-state index in [1.807, 2.05) is 19.1 Å². The van der Waals surface area contributed by atoms with Crippen molar-refractivity contribution in [2.24, 2.45) is 0 Å². The first kappa shape index (κ1) is 15.7. The van der Waals surface area contributed by atoms with Gasteiger partial charge in [0.15, 0.2) is 5.82 Å². The first-order valence-corrected chi connectivity index (χ1v) is 7.44. The van der Waals surface area contributed by atoms with E-state index in [-0.39, 0.29) is 18.1 Å². The molecule has 5 nitrogen and oxygen atoms in total. The number of aryl methyl sites for hydroxylation is 1. The van der Waals surface area contributed by atoms with Gasteiger partial charge in [0.1, 0.15) is 11.6 Å². The summed E-state index contributed by atoms with van der Waals surface area (Å²) >= 11 is 0. The fraction of sp³-hybridized carbons (Fsp3) is 0.111. The number of aromatic nitrogens is 1. The van der Waals surface area contributed by atoms with E-state index in [0.717, 1.165) is 11.4 Å². The van der Waals surface area contributed by atoms with Gasteiger partial charge in [-0.25, -0.2) is 4.39 Å². The molecular formula is C18H16FN3O2. The van der Waals surface area contributed by atoms with Crippen molar-refractivity contribution in [2.45, 2.75) is 13.3 Å². The van der Waals surface area contributed by atoms with Crippen LogP contribution in [0.2, 0.25) is 0 Å². The standard InChI is InChI=1S/C18H16FN3O2/c1-12-10-17(22-24-12)20-14-6-8-15(9-7-14)21-18(23)11-13-4-2-3-5-16(13)19/h2-10H,11H2,1H3,(H,20,22)(H,21,23). The summed E-state index contributed by atoms with van der Waals surface area (Å²) in [6.45, 7) is 1.81. The molecule has 0 unspecified atom stereocenters. The van der Waals surface area contributed by atoms with Gasteiger partial charge in [-0.3, -0.25) is 4.79 Å². The highest BCUT2D eigenvalue weighted by atomic mass is 19.1. The maximum atomic E-state index is 13.5. The monoisotopic (exact) mass is 325 g/mol. The number of nitrogens with one attached hydrogen (secondary N) is 2. The third-order valence-corrected chi connectivity index (χ3v) is 3.38. The molecule has 0 fully saturated rings. The van der Waals surface area contributed by atoms with Crippen LogP contribution in [0.1, 0.15) is 11.3 Å². The quantitative estimate of drug-likeness (QED) is 0.743. The molecule has 1 amide bonds. The minimum absolute atomic E-state index is 0.00904. The van der Waals surface area contributed by atoms with E-state index in [4.69, 9.17) is 4.52 Å². The molecule has 3 aromatic rings. The van der Waals surface area contributed by atoms with Crippen molar-refractivity contribution in [3.63, 3.8) is 0 Å². The molecule has 0 radical (unpaired) electrons. The SMILES string of the molecule is Cc1cc(Nc2ccc(NC(=O)Cc3ccccc3F)cc2)no1. The average Bonchev–Trinajstić information content (AvgIpc) is 2.96. The van der Waals surface area contributed by atoms with E-state index in [9.17, 15) is 9.18 Å². The summed E-state index contributed by atoms with van der Waals surface area (Å²) in [4.78, 5) is 12.0. The van der Waals surface area contributed by atoms with Crippen LogP contribution in [-0.2, 0) is 11.2 Å². The van der Waals surface area contributed by atoms with Crippen molar-refractivity contribution in [1.82, 2.24) is 5.16 Å². The second kappa shape index (κ2) is 6.95. The van der Waals surface area contributed by atoms with Crippen LogP contribution in [-0.4, -0.2) is 11.1 Å². The molecule has 0 atom stereocenters. The van der Waals surface area contributed by atoms with Crippen LogP contribution in [0.3, 0.4) is 0 Å². The Labute approximate surface area is 138 Å². The molecule has 2 aromatic carbocycles. The van der Waals surface area contributed by atoms with Gasteiger partial charge in [0, 0.05) is 17.4 Å². The maximum Gasteiger partial charge on any atom is 0.228 e. The van der Waals surface area contributed by atoms with Gasteiger partial charge in [-0.05, 0) is 42.8 Å². The van der Waals surface area contributed by atoms with Gasteiger partial charge in [-0.15, -0.1) is 0 Å². The van der Waals surface area contributed by atoms with E-state index in [0.29, 0.717) is 17.1 Å². The average molecular weight is 325 g/mol. The van der Waals surface area contributed by atoms with Crippen LogP contribution in [0.4, 0.5) is 21.6 Å². The van der Waals surface area contributed by atoms with Crippen molar-refractivity contribution in [1.29, 1.82) is 0 Å². The summed E-state index contributed by atoms with van der Waals surface area (Å²) < 4.78 is 18.5. The van der Waals surface area contributed by atoms with Crippen LogP contribution < -0.4 is 10.6 Å². The predicted molar refractivity (Wildman–Crippen MR) is 89.7 cm³/mol. The molecule has 24 heavy (non-hydrogen) atoms. The third-order valence-electron chi connectivity index (χ3n) is 3.38. The van der Waals surface area contributed by atoms with Crippen molar-refractivity contribution < 1.29 is 13.7 Å². The van der Waals surface area contributed by atoms with Gasteiger partial charge in [0.2, 0.25) is 5.91 Å². The number of nitrogens with zero attached hydrogens (tertiary/aromatic N) is 1. The van der Waals surface area contributed by atoms with Crippen LogP contribution in [0, 0.1) is 12.7 Å². The van der Waals surface area contributed by atoms with Crippen molar-refractivity contribution in [2.75, 3.05) is 10.6 Å². The number of halogens is 1. The molecule has 1 heterocycles. The van der Waals surface area contributed by atoms with E-state index in [1.165, 1.54) is 6.07 Å². The number of hydrogen-bond acceptors (Lipinski definition) is 4. The van der Waals surface area contributed by atoms with E-state index >= 15 is 0 Å². The highest BCUT2D eigenvalue weighted by Gasteiger charge is 2.08. The normalized spacial score (nSPS) is 10.4. The lowest BCUT2D eigenvalue weighted by Gasteiger charge is -2.07. The van der Waals surface area contributed by atoms with Crippen molar-refractivity contribution in [3.05, 3.63) is 71.7 Å². The van der Waals surface area contributed by atoms with Gasteiger partial charge in [0.25, 0.3) is 0 Å². The summed E-state index contributed by atoms with van der Waals surface area (Å²) in [7, 11) is 0. The number of hydrogen-bond donors (Lipinski definition) is 2. The summed E-state index contributed by atoms with van der Waals surface area (Å²) in [5.74, 6) is 0.682. The lowest BCUT2D eigenvalue weighted by molar-refractivity contribution is -0.115. The molecule has 0 aliphatic heterocycles. The molecule has 0 spiro atoms. The fourth-order valence-corrected chi connectivity index (χ4v) is 2.23. The highest BCUT2D eigenvalue weighted by molar-refractivity contribution is 5.92. The second-order valence-corrected chi connectivity index (χ2v) is 5.34. The van der Waals surface area contributed by atoms with E-state index in [1.54, 1.807) is 36.4 Å². The molecule has 0 aliphatic carbocycles. The number of benzene rings is 2. The molecule has 3 rings (SSSR count). The molecule has 1 aromatic heterocycles. The van der Waals surface area contributed by atoms with Gasteiger partial charge >= 0.3 is 0 Å². The minimum atomic E-state index is -0.380.